The molecule has 0 aromatic rings. The molecule has 0 rings (SSSR count). The van der Waals surface area contributed by atoms with E-state index < -0.39 is 55.4 Å². The van der Waals surface area contributed by atoms with E-state index in [1.54, 1.807) is 0 Å². The Morgan fingerprint density at radius 1 is 1.25 bits per heavy atom. The number of carboxylic acid groups (broad SMARTS) is 1. The van der Waals surface area contributed by atoms with Gasteiger partial charge in [-0.2, -0.15) is 0 Å². The maximum Gasteiger partial charge on any atom is 0.322 e. The number of rotatable bonds is 8. The summed E-state index contributed by atoms with van der Waals surface area (Å²) in [4.78, 5) is 61.9. The van der Waals surface area contributed by atoms with Crippen LogP contribution in [0, 0.1) is 0 Å². The molecular formula is C8H14N3O7PS. The quantitative estimate of drug-likeness (QED) is 0.253. The van der Waals surface area contributed by atoms with E-state index in [1.807, 2.05) is 10.6 Å². The Bertz CT molecular complexity index is 463. The Kier molecular flexibility index (Phi) is 7.29. The minimum atomic E-state index is -3.79. The lowest BCUT2D eigenvalue weighted by Crippen LogP contribution is -2.50. The number of carbonyl (C=O) groups is 4. The van der Waals surface area contributed by atoms with E-state index in [0.29, 0.717) is 0 Å². The van der Waals surface area contributed by atoms with Crippen molar-refractivity contribution in [3.8, 4) is 0 Å². The van der Waals surface area contributed by atoms with Gasteiger partial charge in [0.25, 0.3) is 0 Å². The molecule has 10 nitrogen and oxygen atoms in total. The van der Waals surface area contributed by atoms with E-state index in [4.69, 9.17) is 20.6 Å². The molecule has 114 valence electrons. The number of nitrogens with two attached hydrogens (primary N) is 1. The molecule has 0 aliphatic carbocycles. The first kappa shape index (κ1) is 18.4. The Balaban J connectivity index is 4.67. The van der Waals surface area contributed by atoms with E-state index in [-0.39, 0.29) is 0 Å². The molecule has 0 bridgehead atoms. The van der Waals surface area contributed by atoms with Gasteiger partial charge >= 0.3 is 5.97 Å². The third kappa shape index (κ3) is 9.39. The molecule has 0 aliphatic rings. The second-order valence-corrected chi connectivity index (χ2v) is 7.12. The summed E-state index contributed by atoms with van der Waals surface area (Å²) in [5, 5.41) is 12.4. The summed E-state index contributed by atoms with van der Waals surface area (Å²) in [6.07, 6.45) is -1.37. The highest BCUT2D eigenvalue weighted by Crippen LogP contribution is 2.33. The molecule has 0 fully saturated rings. The first-order valence-electron chi connectivity index (χ1n) is 5.13. The molecule has 0 saturated carbocycles. The minimum Gasteiger partial charge on any atom is -0.480 e. The van der Waals surface area contributed by atoms with Crippen molar-refractivity contribution in [2.24, 2.45) is 5.73 Å². The van der Waals surface area contributed by atoms with E-state index in [2.05, 4.69) is 11.8 Å². The van der Waals surface area contributed by atoms with E-state index in [0.717, 1.165) is 0 Å². The highest BCUT2D eigenvalue weighted by atomic mass is 32.5. The normalized spacial score (nSPS) is 12.3. The van der Waals surface area contributed by atoms with Crippen molar-refractivity contribution in [1.82, 2.24) is 10.6 Å². The van der Waals surface area contributed by atoms with Gasteiger partial charge in [0.2, 0.25) is 17.7 Å². The molecule has 0 aliphatic heterocycles. The minimum absolute atomic E-state index is 0.572. The summed E-state index contributed by atoms with van der Waals surface area (Å²) in [6.45, 7) is -4.50. The van der Waals surface area contributed by atoms with Crippen LogP contribution >= 0.6 is 6.49 Å². The molecule has 0 radical (unpaired) electrons. The Morgan fingerprint density at radius 2 is 1.80 bits per heavy atom. The van der Waals surface area contributed by atoms with Gasteiger partial charge in [0.15, 0.2) is 6.49 Å². The van der Waals surface area contributed by atoms with Crippen LogP contribution in [0.5, 0.6) is 0 Å². The fourth-order valence-corrected chi connectivity index (χ4v) is 1.94. The van der Waals surface area contributed by atoms with Crippen molar-refractivity contribution in [3.63, 3.8) is 0 Å². The average Bonchev–Trinajstić information content (AvgIpc) is 2.21. The van der Waals surface area contributed by atoms with Gasteiger partial charge in [-0.25, -0.2) is 0 Å². The summed E-state index contributed by atoms with van der Waals surface area (Å²) in [6, 6.07) is -1.42. The van der Waals surface area contributed by atoms with Gasteiger partial charge < -0.3 is 31.3 Å². The first-order chi connectivity index (χ1) is 9.01. The zero-order chi connectivity index (χ0) is 15.9. The SMILES string of the molecule is NC(=O)C[C@H](NC(=O)CP(O)(O)=S)C(=O)NCC(=O)O. The molecule has 0 spiro atoms. The standard InChI is InChI=1S/C8H14N3O7PS/c9-5(12)1-4(8(16)10-2-7(14)15)11-6(13)3-19(17,18)20/h4H,1-3H2,(H2,9,12)(H,10,16)(H,11,13)(H,14,15)(H2,17,18,20)/t4-/m0/s1. The van der Waals surface area contributed by atoms with Crippen LogP contribution in [0.1, 0.15) is 6.42 Å². The van der Waals surface area contributed by atoms with Crippen LogP contribution in [0.2, 0.25) is 0 Å². The lowest BCUT2D eigenvalue weighted by molar-refractivity contribution is -0.138. The van der Waals surface area contributed by atoms with Crippen LogP contribution in [-0.2, 0) is 31.0 Å². The molecule has 0 saturated heterocycles. The summed E-state index contributed by atoms with van der Waals surface area (Å²) in [5.41, 5.74) is 4.89. The van der Waals surface area contributed by atoms with Crippen LogP contribution in [0.25, 0.3) is 0 Å². The topological polar surface area (TPSA) is 179 Å². The zero-order valence-corrected chi connectivity index (χ0v) is 11.8. The van der Waals surface area contributed by atoms with E-state index in [1.165, 1.54) is 0 Å². The van der Waals surface area contributed by atoms with Gasteiger partial charge in [-0.3, -0.25) is 19.2 Å². The third-order valence-corrected chi connectivity index (χ3v) is 2.91. The zero-order valence-electron chi connectivity index (χ0n) is 10.1. The molecule has 12 heteroatoms. The number of amides is 3. The number of carbonyl (C=O) groups excluding carboxylic acids is 3. The number of hydrogen-bond acceptors (Lipinski definition) is 5. The summed E-state index contributed by atoms with van der Waals surface area (Å²) in [7, 11) is 0. The molecule has 0 heterocycles. The number of primary amides is 1. The van der Waals surface area contributed by atoms with Crippen molar-refractivity contribution < 1.29 is 34.1 Å². The summed E-state index contributed by atoms with van der Waals surface area (Å²) >= 11 is 4.24. The van der Waals surface area contributed by atoms with Gasteiger partial charge in [0.1, 0.15) is 18.7 Å². The highest BCUT2D eigenvalue weighted by molar-refractivity contribution is 8.09. The molecular weight excluding hydrogens is 313 g/mol. The van der Waals surface area contributed by atoms with E-state index >= 15 is 0 Å². The molecule has 3 amide bonds. The second kappa shape index (κ2) is 7.90. The number of carboxylic acids is 1. The molecule has 1 atom stereocenters. The second-order valence-electron chi connectivity index (χ2n) is 3.72. The van der Waals surface area contributed by atoms with Crippen molar-refractivity contribution in [2.45, 2.75) is 12.5 Å². The lowest BCUT2D eigenvalue weighted by Gasteiger charge is -2.17. The molecule has 0 aromatic carbocycles. The van der Waals surface area contributed by atoms with Crippen LogP contribution in [0.15, 0.2) is 0 Å². The molecule has 0 unspecified atom stereocenters. The summed E-state index contributed by atoms with van der Waals surface area (Å²) < 4.78 is 0. The molecule has 7 N–H and O–H groups in total. The summed E-state index contributed by atoms with van der Waals surface area (Å²) in [5.74, 6) is -4.13. The lowest BCUT2D eigenvalue weighted by atomic mass is 10.2. The third-order valence-electron chi connectivity index (χ3n) is 1.82. The van der Waals surface area contributed by atoms with Gasteiger partial charge in [-0.15, -0.1) is 0 Å². The van der Waals surface area contributed by atoms with Crippen LogP contribution in [-0.4, -0.2) is 57.3 Å². The fourth-order valence-electron chi connectivity index (χ4n) is 1.12. The van der Waals surface area contributed by atoms with Gasteiger partial charge in [0, 0.05) is 0 Å². The smallest absolute Gasteiger partial charge is 0.322 e. The predicted octanol–water partition coefficient (Wildman–Crippen LogP) is -3.16. The van der Waals surface area contributed by atoms with Gasteiger partial charge in [-0.05, 0) is 11.8 Å². The molecule has 0 aromatic heterocycles. The van der Waals surface area contributed by atoms with Crippen molar-refractivity contribution in [2.75, 3.05) is 12.7 Å². The first-order valence-corrected chi connectivity index (χ1v) is 8.02. The number of aliphatic carboxylic acids is 1. The fraction of sp³-hybridized carbons (Fsp3) is 0.500. The van der Waals surface area contributed by atoms with Crippen molar-refractivity contribution in [3.05, 3.63) is 0 Å². The number of nitrogens with one attached hydrogen (secondary N) is 2. The largest absolute Gasteiger partial charge is 0.480 e. The predicted molar refractivity (Wildman–Crippen MR) is 70.0 cm³/mol. The van der Waals surface area contributed by atoms with E-state index in [9.17, 15) is 19.2 Å². The number of hydrogen-bond donors (Lipinski definition) is 6. The van der Waals surface area contributed by atoms with Crippen LogP contribution in [0.3, 0.4) is 0 Å². The van der Waals surface area contributed by atoms with Gasteiger partial charge in [-0.1, -0.05) is 0 Å². The van der Waals surface area contributed by atoms with Crippen LogP contribution < -0.4 is 16.4 Å². The average molecular weight is 327 g/mol. The Hall–Kier alpha value is -1.55. The Morgan fingerprint density at radius 3 is 2.20 bits per heavy atom. The van der Waals surface area contributed by atoms with Gasteiger partial charge in [0.05, 0.1) is 6.42 Å². The van der Waals surface area contributed by atoms with Crippen LogP contribution in [0.4, 0.5) is 0 Å². The molecule has 20 heavy (non-hydrogen) atoms. The Labute approximate surface area is 118 Å². The maximum atomic E-state index is 11.5. The maximum absolute atomic E-state index is 11.5. The highest BCUT2D eigenvalue weighted by Gasteiger charge is 2.25. The van der Waals surface area contributed by atoms with Crippen molar-refractivity contribution >= 4 is 42.0 Å². The monoisotopic (exact) mass is 327 g/mol. The van der Waals surface area contributed by atoms with Crippen molar-refractivity contribution in [1.29, 1.82) is 0 Å².